The van der Waals surface area contributed by atoms with Gasteiger partial charge in [0, 0.05) is 35.7 Å². The van der Waals surface area contributed by atoms with Crippen LogP contribution in [-0.2, 0) is 6.54 Å². The highest BCUT2D eigenvalue weighted by Crippen LogP contribution is 2.19. The van der Waals surface area contributed by atoms with E-state index in [0.29, 0.717) is 19.0 Å². The monoisotopic (exact) mass is 377 g/mol. The summed E-state index contributed by atoms with van der Waals surface area (Å²) in [6, 6.07) is 15.0. The smallest absolute Gasteiger partial charge is 0.322 e. The fourth-order valence-corrected chi connectivity index (χ4v) is 3.30. The molecule has 0 radical (unpaired) electrons. The van der Waals surface area contributed by atoms with Gasteiger partial charge in [0.1, 0.15) is 0 Å². The van der Waals surface area contributed by atoms with Crippen LogP contribution >= 0.6 is 0 Å². The van der Waals surface area contributed by atoms with Crippen LogP contribution in [0, 0.1) is 19.8 Å². The SMILES string of the molecule is Cc1ccc(NC(=O)N(Cc2cc(=O)[nH]c3ccccc23)CC(C)C)cc1C. The Morgan fingerprint density at radius 1 is 1.07 bits per heavy atom. The maximum Gasteiger partial charge on any atom is 0.322 e. The molecule has 1 heterocycles. The first-order chi connectivity index (χ1) is 13.3. The van der Waals surface area contributed by atoms with E-state index in [-0.39, 0.29) is 11.6 Å². The number of para-hydroxylation sites is 1. The molecule has 28 heavy (non-hydrogen) atoms. The molecule has 5 nitrogen and oxygen atoms in total. The second kappa shape index (κ2) is 8.30. The number of rotatable bonds is 5. The van der Waals surface area contributed by atoms with Crippen molar-refractivity contribution in [3.8, 4) is 0 Å². The summed E-state index contributed by atoms with van der Waals surface area (Å²) in [5.41, 5.74) is 4.56. The van der Waals surface area contributed by atoms with Crippen molar-refractivity contribution in [1.82, 2.24) is 9.88 Å². The minimum atomic E-state index is -0.165. The number of benzene rings is 2. The second-order valence-electron chi connectivity index (χ2n) is 7.71. The van der Waals surface area contributed by atoms with Crippen LogP contribution in [-0.4, -0.2) is 22.5 Å². The Bertz CT molecular complexity index is 1050. The summed E-state index contributed by atoms with van der Waals surface area (Å²) in [6.07, 6.45) is 0. The summed E-state index contributed by atoms with van der Waals surface area (Å²) in [4.78, 5) is 29.7. The molecular weight excluding hydrogens is 350 g/mol. The number of aryl methyl sites for hydroxylation is 2. The Labute approximate surface area is 165 Å². The number of H-pyrrole nitrogens is 1. The van der Waals surface area contributed by atoms with E-state index in [2.05, 4.69) is 24.1 Å². The molecule has 5 heteroatoms. The maximum absolute atomic E-state index is 13.0. The lowest BCUT2D eigenvalue weighted by atomic mass is 10.1. The molecule has 2 aromatic carbocycles. The third-order valence-corrected chi connectivity index (χ3v) is 4.83. The van der Waals surface area contributed by atoms with Crippen molar-refractivity contribution in [2.75, 3.05) is 11.9 Å². The summed E-state index contributed by atoms with van der Waals surface area (Å²) >= 11 is 0. The number of carbonyl (C=O) groups excluding carboxylic acids is 1. The number of hydrogen-bond donors (Lipinski definition) is 2. The Morgan fingerprint density at radius 3 is 2.54 bits per heavy atom. The first-order valence-corrected chi connectivity index (χ1v) is 9.57. The average Bonchev–Trinajstić information content (AvgIpc) is 2.63. The standard InChI is InChI=1S/C23H27N3O2/c1-15(2)13-26(23(28)24-19-10-9-16(3)17(4)11-19)14-18-12-22(27)25-21-8-6-5-7-20(18)21/h5-12,15H,13-14H2,1-4H3,(H,24,28)(H,25,27). The number of hydrogen-bond acceptors (Lipinski definition) is 2. The van der Waals surface area contributed by atoms with Crippen LogP contribution in [0.1, 0.15) is 30.5 Å². The van der Waals surface area contributed by atoms with Gasteiger partial charge in [-0.1, -0.05) is 38.1 Å². The number of fused-ring (bicyclic) bond motifs is 1. The molecule has 1 aromatic heterocycles. The first kappa shape index (κ1) is 19.7. The molecule has 0 saturated carbocycles. The molecule has 2 N–H and O–H groups in total. The predicted octanol–water partition coefficient (Wildman–Crippen LogP) is 4.84. The highest BCUT2D eigenvalue weighted by molar-refractivity contribution is 5.90. The maximum atomic E-state index is 13.0. The summed E-state index contributed by atoms with van der Waals surface area (Å²) in [6.45, 7) is 9.19. The molecular formula is C23H27N3O2. The van der Waals surface area contributed by atoms with E-state index >= 15 is 0 Å². The van der Waals surface area contributed by atoms with Gasteiger partial charge in [-0.05, 0) is 54.7 Å². The molecule has 3 rings (SSSR count). The molecule has 0 atom stereocenters. The van der Waals surface area contributed by atoms with Crippen molar-refractivity contribution in [2.45, 2.75) is 34.2 Å². The Balaban J connectivity index is 1.89. The van der Waals surface area contributed by atoms with Crippen molar-refractivity contribution in [2.24, 2.45) is 5.92 Å². The van der Waals surface area contributed by atoms with E-state index in [1.54, 1.807) is 11.0 Å². The number of aromatic amines is 1. The van der Waals surface area contributed by atoms with Crippen molar-refractivity contribution < 1.29 is 4.79 Å². The van der Waals surface area contributed by atoms with Gasteiger partial charge in [-0.2, -0.15) is 0 Å². The van der Waals surface area contributed by atoms with Crippen molar-refractivity contribution in [3.63, 3.8) is 0 Å². The normalized spacial score (nSPS) is 11.0. The lowest BCUT2D eigenvalue weighted by molar-refractivity contribution is 0.202. The van der Waals surface area contributed by atoms with E-state index in [1.165, 1.54) is 5.56 Å². The third-order valence-electron chi connectivity index (χ3n) is 4.83. The van der Waals surface area contributed by atoms with Crippen LogP contribution in [0.5, 0.6) is 0 Å². The van der Waals surface area contributed by atoms with Crippen LogP contribution in [0.3, 0.4) is 0 Å². The molecule has 2 amide bonds. The topological polar surface area (TPSA) is 65.2 Å². The highest BCUT2D eigenvalue weighted by atomic mass is 16.2. The van der Waals surface area contributed by atoms with Gasteiger partial charge in [0.15, 0.2) is 0 Å². The quantitative estimate of drug-likeness (QED) is 0.668. The van der Waals surface area contributed by atoms with E-state index in [4.69, 9.17) is 0 Å². The molecule has 3 aromatic rings. The van der Waals surface area contributed by atoms with Crippen LogP contribution in [0.25, 0.3) is 10.9 Å². The molecule has 0 aliphatic rings. The molecule has 0 bridgehead atoms. The van der Waals surface area contributed by atoms with Crippen LogP contribution in [0.4, 0.5) is 10.5 Å². The minimum absolute atomic E-state index is 0.159. The Hall–Kier alpha value is -3.08. The molecule has 0 unspecified atom stereocenters. The van der Waals surface area contributed by atoms with Crippen LogP contribution < -0.4 is 10.9 Å². The van der Waals surface area contributed by atoms with Gasteiger partial charge in [0.05, 0.1) is 0 Å². The van der Waals surface area contributed by atoms with Crippen LogP contribution in [0.2, 0.25) is 0 Å². The summed E-state index contributed by atoms with van der Waals surface area (Å²) in [5.74, 6) is 0.304. The van der Waals surface area contributed by atoms with Gasteiger partial charge in [0.2, 0.25) is 5.56 Å². The van der Waals surface area contributed by atoms with Gasteiger partial charge in [-0.15, -0.1) is 0 Å². The summed E-state index contributed by atoms with van der Waals surface area (Å²) in [5, 5.41) is 3.95. The zero-order valence-electron chi connectivity index (χ0n) is 16.9. The van der Waals surface area contributed by atoms with Gasteiger partial charge in [-0.25, -0.2) is 4.79 Å². The fourth-order valence-electron chi connectivity index (χ4n) is 3.30. The minimum Gasteiger partial charge on any atom is -0.322 e. The predicted molar refractivity (Wildman–Crippen MR) is 115 cm³/mol. The third kappa shape index (κ3) is 4.60. The molecule has 0 aliphatic carbocycles. The van der Waals surface area contributed by atoms with Gasteiger partial charge in [0.25, 0.3) is 0 Å². The lowest BCUT2D eigenvalue weighted by Gasteiger charge is -2.25. The van der Waals surface area contributed by atoms with Gasteiger partial charge >= 0.3 is 6.03 Å². The number of amides is 2. The first-order valence-electron chi connectivity index (χ1n) is 9.57. The molecule has 146 valence electrons. The number of aromatic nitrogens is 1. The van der Waals surface area contributed by atoms with Crippen molar-refractivity contribution >= 4 is 22.6 Å². The molecule has 0 aliphatic heterocycles. The molecule has 0 saturated heterocycles. The zero-order chi connectivity index (χ0) is 20.3. The largest absolute Gasteiger partial charge is 0.322 e. The van der Waals surface area contributed by atoms with Crippen molar-refractivity contribution in [3.05, 3.63) is 75.6 Å². The summed E-state index contributed by atoms with van der Waals surface area (Å²) in [7, 11) is 0. The number of nitrogens with zero attached hydrogens (tertiary/aromatic N) is 1. The Kier molecular flexibility index (Phi) is 5.83. The lowest BCUT2D eigenvalue weighted by Crippen LogP contribution is -2.37. The number of urea groups is 1. The number of pyridine rings is 1. The molecule has 0 fully saturated rings. The molecule has 0 spiro atoms. The van der Waals surface area contributed by atoms with E-state index < -0.39 is 0 Å². The number of carbonyl (C=O) groups is 1. The van der Waals surface area contributed by atoms with Gasteiger partial charge < -0.3 is 15.2 Å². The fraction of sp³-hybridized carbons (Fsp3) is 0.304. The second-order valence-corrected chi connectivity index (χ2v) is 7.71. The number of anilines is 1. The van der Waals surface area contributed by atoms with Gasteiger partial charge in [-0.3, -0.25) is 4.79 Å². The van der Waals surface area contributed by atoms with Crippen molar-refractivity contribution in [1.29, 1.82) is 0 Å². The summed E-state index contributed by atoms with van der Waals surface area (Å²) < 4.78 is 0. The van der Waals surface area contributed by atoms with E-state index in [9.17, 15) is 9.59 Å². The average molecular weight is 377 g/mol. The Morgan fingerprint density at radius 2 is 1.82 bits per heavy atom. The highest BCUT2D eigenvalue weighted by Gasteiger charge is 2.17. The van der Waals surface area contributed by atoms with E-state index in [1.807, 2.05) is 56.3 Å². The number of nitrogens with one attached hydrogen (secondary N) is 2. The zero-order valence-corrected chi connectivity index (χ0v) is 16.9. The van der Waals surface area contributed by atoms with E-state index in [0.717, 1.165) is 27.7 Å². The van der Waals surface area contributed by atoms with Crippen LogP contribution in [0.15, 0.2) is 53.3 Å².